The van der Waals surface area contributed by atoms with Gasteiger partial charge in [0.2, 0.25) is 0 Å². The number of ether oxygens (including phenoxy) is 2. The van der Waals surface area contributed by atoms with Crippen LogP contribution in [0.5, 0.6) is 11.5 Å². The predicted octanol–water partition coefficient (Wildman–Crippen LogP) is 6.93. The second-order valence-corrected chi connectivity index (χ2v) is 10.7. The van der Waals surface area contributed by atoms with Gasteiger partial charge in [-0.3, -0.25) is 9.88 Å². The summed E-state index contributed by atoms with van der Waals surface area (Å²) >= 11 is 0. The third-order valence-corrected chi connectivity index (χ3v) is 7.88. The van der Waals surface area contributed by atoms with E-state index in [0.29, 0.717) is 43.1 Å². The number of amides is 2. The van der Waals surface area contributed by atoms with Gasteiger partial charge in [0.25, 0.3) is 0 Å². The van der Waals surface area contributed by atoms with Crippen LogP contribution in [0.3, 0.4) is 0 Å². The van der Waals surface area contributed by atoms with E-state index in [1.165, 1.54) is 0 Å². The van der Waals surface area contributed by atoms with Crippen molar-refractivity contribution < 1.29 is 27.4 Å². The molecule has 2 N–H and O–H groups in total. The van der Waals surface area contributed by atoms with E-state index >= 15 is 0 Å². The Morgan fingerprint density at radius 2 is 1.74 bits per heavy atom. The molecule has 0 aliphatic carbocycles. The van der Waals surface area contributed by atoms with Gasteiger partial charge in [0.05, 0.1) is 31.0 Å². The van der Waals surface area contributed by atoms with Crippen LogP contribution < -0.4 is 20.1 Å². The van der Waals surface area contributed by atoms with Crippen molar-refractivity contribution in [1.82, 2.24) is 15.2 Å². The lowest BCUT2D eigenvalue weighted by Crippen LogP contribution is -2.42. The highest BCUT2D eigenvalue weighted by Gasteiger charge is 2.31. The van der Waals surface area contributed by atoms with Gasteiger partial charge in [-0.2, -0.15) is 13.2 Å². The lowest BCUT2D eigenvalue weighted by molar-refractivity contribution is -0.137. The summed E-state index contributed by atoms with van der Waals surface area (Å²) in [6.45, 7) is 3.65. The number of para-hydroxylation sites is 1. The molecule has 3 aromatic carbocycles. The van der Waals surface area contributed by atoms with Gasteiger partial charge in [-0.05, 0) is 79.3 Å². The number of rotatable bonds is 9. The number of benzene rings is 3. The molecule has 5 rings (SSSR count). The van der Waals surface area contributed by atoms with Crippen LogP contribution in [-0.2, 0) is 19.0 Å². The Bertz CT molecular complexity index is 1590. The maximum Gasteiger partial charge on any atom is 0.416 e. The second-order valence-electron chi connectivity index (χ2n) is 10.7. The van der Waals surface area contributed by atoms with Crippen molar-refractivity contribution in [2.75, 3.05) is 39.2 Å². The Hall–Kier alpha value is -4.31. The van der Waals surface area contributed by atoms with Gasteiger partial charge >= 0.3 is 12.2 Å². The molecule has 0 saturated carbocycles. The molecule has 0 radical (unpaired) electrons. The first-order valence-corrected chi connectivity index (χ1v) is 14.2. The molecule has 1 aliphatic heterocycles. The molecule has 2 heterocycles. The highest BCUT2D eigenvalue weighted by atomic mass is 19.4. The van der Waals surface area contributed by atoms with Gasteiger partial charge in [0.15, 0.2) is 11.5 Å². The Morgan fingerprint density at radius 1 is 1.02 bits per heavy atom. The zero-order chi connectivity index (χ0) is 30.6. The number of aryl methyl sites for hydroxylation is 2. The summed E-state index contributed by atoms with van der Waals surface area (Å²) in [5.41, 5.74) is 4.74. The fourth-order valence-electron chi connectivity index (χ4n) is 5.74. The molecule has 0 saturated heterocycles. The molecular formula is C33H35F3N4O3. The lowest BCUT2D eigenvalue weighted by Gasteiger charge is -2.38. The van der Waals surface area contributed by atoms with Crippen LogP contribution in [0.4, 0.5) is 23.7 Å². The van der Waals surface area contributed by atoms with Crippen LogP contribution in [0.2, 0.25) is 0 Å². The van der Waals surface area contributed by atoms with Crippen LogP contribution in [0, 0.1) is 6.92 Å². The van der Waals surface area contributed by atoms with Crippen molar-refractivity contribution >= 4 is 22.6 Å². The van der Waals surface area contributed by atoms with Crippen LogP contribution in [0.1, 0.15) is 40.4 Å². The molecule has 0 spiro atoms. The molecule has 10 heteroatoms. The Labute approximate surface area is 249 Å². The molecule has 1 unspecified atom stereocenters. The van der Waals surface area contributed by atoms with E-state index in [1.54, 1.807) is 26.4 Å². The van der Waals surface area contributed by atoms with E-state index in [1.807, 2.05) is 49.4 Å². The number of hydrogen-bond donors (Lipinski definition) is 2. The van der Waals surface area contributed by atoms with Crippen molar-refractivity contribution in [3.8, 4) is 11.5 Å². The summed E-state index contributed by atoms with van der Waals surface area (Å²) < 4.78 is 50.3. The number of halogens is 3. The van der Waals surface area contributed by atoms with Gasteiger partial charge < -0.3 is 20.1 Å². The summed E-state index contributed by atoms with van der Waals surface area (Å²) in [6, 6.07) is 18.5. The average molecular weight is 593 g/mol. The number of carbonyl (C=O) groups is 1. The van der Waals surface area contributed by atoms with Gasteiger partial charge in [-0.1, -0.05) is 30.3 Å². The van der Waals surface area contributed by atoms with E-state index in [9.17, 15) is 18.0 Å². The first kappa shape index (κ1) is 30.2. The SMILES string of the molecule is COc1cc2c(cc1OC)C(CCc1ccc(C(F)(F)F)cc1)N(CCNC(=O)Nc1cc(C)nc3ccccc13)CC2. The molecule has 2 amide bonds. The molecule has 1 atom stereocenters. The number of carbonyl (C=O) groups excluding carboxylic acids is 1. The maximum atomic E-state index is 13.1. The molecular weight excluding hydrogens is 557 g/mol. The first-order valence-electron chi connectivity index (χ1n) is 14.2. The van der Waals surface area contributed by atoms with Crippen LogP contribution in [0.15, 0.2) is 66.7 Å². The fraction of sp³-hybridized carbons (Fsp3) is 0.333. The van der Waals surface area contributed by atoms with E-state index in [-0.39, 0.29) is 12.1 Å². The summed E-state index contributed by atoms with van der Waals surface area (Å²) in [5, 5.41) is 6.80. The quantitative estimate of drug-likeness (QED) is 0.220. The minimum atomic E-state index is -4.37. The van der Waals surface area contributed by atoms with E-state index in [4.69, 9.17) is 9.47 Å². The number of methoxy groups -OCH3 is 2. The number of alkyl halides is 3. The monoisotopic (exact) mass is 592 g/mol. The van der Waals surface area contributed by atoms with E-state index in [0.717, 1.165) is 58.4 Å². The van der Waals surface area contributed by atoms with Gasteiger partial charge in [-0.25, -0.2) is 4.79 Å². The number of nitrogens with one attached hydrogen (secondary N) is 2. The number of urea groups is 1. The van der Waals surface area contributed by atoms with E-state index < -0.39 is 11.7 Å². The van der Waals surface area contributed by atoms with Gasteiger partial charge in [0.1, 0.15) is 0 Å². The van der Waals surface area contributed by atoms with Gasteiger partial charge in [0, 0.05) is 36.8 Å². The topological polar surface area (TPSA) is 75.7 Å². The average Bonchev–Trinajstić information content (AvgIpc) is 2.99. The minimum Gasteiger partial charge on any atom is -0.493 e. The molecule has 226 valence electrons. The van der Waals surface area contributed by atoms with Crippen molar-refractivity contribution in [2.24, 2.45) is 0 Å². The number of hydrogen-bond acceptors (Lipinski definition) is 5. The van der Waals surface area contributed by atoms with E-state index in [2.05, 4.69) is 20.5 Å². The van der Waals surface area contributed by atoms with Crippen molar-refractivity contribution in [1.29, 1.82) is 0 Å². The first-order chi connectivity index (χ1) is 20.7. The fourth-order valence-corrected chi connectivity index (χ4v) is 5.74. The number of fused-ring (bicyclic) bond motifs is 2. The molecule has 43 heavy (non-hydrogen) atoms. The number of nitrogens with zero attached hydrogens (tertiary/aromatic N) is 2. The molecule has 0 fully saturated rings. The summed E-state index contributed by atoms with van der Waals surface area (Å²) in [6.07, 6.45) is -2.30. The minimum absolute atomic E-state index is 0.0255. The number of anilines is 1. The van der Waals surface area contributed by atoms with Gasteiger partial charge in [-0.15, -0.1) is 0 Å². The molecule has 0 bridgehead atoms. The largest absolute Gasteiger partial charge is 0.493 e. The smallest absolute Gasteiger partial charge is 0.416 e. The van der Waals surface area contributed by atoms with Crippen molar-refractivity contribution in [3.05, 3.63) is 94.7 Å². The molecule has 1 aliphatic rings. The summed E-state index contributed by atoms with van der Waals surface area (Å²) in [5.74, 6) is 1.29. The molecule has 1 aromatic heterocycles. The zero-order valence-electron chi connectivity index (χ0n) is 24.4. The molecule has 7 nitrogen and oxygen atoms in total. The maximum absolute atomic E-state index is 13.1. The Morgan fingerprint density at radius 3 is 2.47 bits per heavy atom. The number of aromatic nitrogens is 1. The highest BCUT2D eigenvalue weighted by Crippen LogP contribution is 2.40. The number of pyridine rings is 1. The van der Waals surface area contributed by atoms with Crippen molar-refractivity contribution in [2.45, 2.75) is 38.4 Å². The second kappa shape index (κ2) is 12.9. The Kier molecular flexibility index (Phi) is 9.05. The predicted molar refractivity (Wildman–Crippen MR) is 161 cm³/mol. The van der Waals surface area contributed by atoms with Crippen LogP contribution in [-0.4, -0.2) is 49.8 Å². The highest BCUT2D eigenvalue weighted by molar-refractivity contribution is 6.00. The lowest BCUT2D eigenvalue weighted by atomic mass is 9.88. The zero-order valence-corrected chi connectivity index (χ0v) is 24.4. The summed E-state index contributed by atoms with van der Waals surface area (Å²) in [7, 11) is 3.20. The summed E-state index contributed by atoms with van der Waals surface area (Å²) in [4.78, 5) is 19.7. The van der Waals surface area contributed by atoms with Crippen LogP contribution >= 0.6 is 0 Å². The standard InChI is InChI=1S/C33H35F3N4O3/c1-21-18-28(25-6-4-5-7-27(25)38-21)39-32(41)37-15-17-40-16-14-23-19-30(42-2)31(43-3)20-26(23)29(40)13-10-22-8-11-24(12-9-22)33(34,35)36/h4-9,11-12,18-20,29H,10,13-17H2,1-3H3,(H2,37,38,39,41). The van der Waals surface area contributed by atoms with Crippen LogP contribution in [0.25, 0.3) is 10.9 Å². The normalized spacial score (nSPS) is 15.2. The third-order valence-electron chi connectivity index (χ3n) is 7.88. The Balaban J connectivity index is 1.29. The molecule has 4 aromatic rings. The van der Waals surface area contributed by atoms with Crippen molar-refractivity contribution in [3.63, 3.8) is 0 Å². The third kappa shape index (κ3) is 7.02.